The lowest BCUT2D eigenvalue weighted by Gasteiger charge is -2.35. The summed E-state index contributed by atoms with van der Waals surface area (Å²) in [6, 6.07) is 7.69. The Kier molecular flexibility index (Phi) is 6.80. The first kappa shape index (κ1) is 20.5. The van der Waals surface area contributed by atoms with Crippen molar-refractivity contribution in [3.63, 3.8) is 0 Å². The number of hydrogen-bond acceptors (Lipinski definition) is 5. The van der Waals surface area contributed by atoms with Gasteiger partial charge < -0.3 is 10.2 Å². The minimum Gasteiger partial charge on any atom is -0.349 e. The summed E-state index contributed by atoms with van der Waals surface area (Å²) in [6.07, 6.45) is 0.286. The number of thiazole rings is 1. The van der Waals surface area contributed by atoms with Gasteiger partial charge >= 0.3 is 0 Å². The number of benzene rings is 1. The lowest BCUT2D eigenvalue weighted by atomic mass is 10.0. The molecule has 6 nitrogen and oxygen atoms in total. The molecule has 0 radical (unpaired) electrons. The summed E-state index contributed by atoms with van der Waals surface area (Å²) in [5.74, 6) is -0.0368. The van der Waals surface area contributed by atoms with Crippen molar-refractivity contribution in [2.75, 3.05) is 26.2 Å². The highest BCUT2D eigenvalue weighted by Gasteiger charge is 2.25. The van der Waals surface area contributed by atoms with Crippen molar-refractivity contribution in [1.29, 1.82) is 0 Å². The second-order valence-corrected chi connectivity index (χ2v) is 8.44. The van der Waals surface area contributed by atoms with Gasteiger partial charge in [0.2, 0.25) is 11.8 Å². The molecule has 1 atom stereocenters. The highest BCUT2D eigenvalue weighted by atomic mass is 32.1. The van der Waals surface area contributed by atoms with Crippen LogP contribution in [-0.2, 0) is 16.1 Å². The van der Waals surface area contributed by atoms with Crippen LogP contribution in [0.25, 0.3) is 0 Å². The number of piperazine rings is 1. The first-order chi connectivity index (χ1) is 13.4. The molecule has 2 aromatic rings. The fraction of sp³-hybridized carbons (Fsp3) is 0.476. The molecule has 1 fully saturated rings. The van der Waals surface area contributed by atoms with Gasteiger partial charge in [0.1, 0.15) is 0 Å². The van der Waals surface area contributed by atoms with Gasteiger partial charge in [-0.3, -0.25) is 14.5 Å². The predicted molar refractivity (Wildman–Crippen MR) is 111 cm³/mol. The topological polar surface area (TPSA) is 65.5 Å². The van der Waals surface area contributed by atoms with Crippen LogP contribution in [0.1, 0.15) is 41.2 Å². The van der Waals surface area contributed by atoms with E-state index in [4.69, 9.17) is 0 Å². The first-order valence-corrected chi connectivity index (χ1v) is 10.5. The summed E-state index contributed by atoms with van der Waals surface area (Å²) in [7, 11) is 0. The molecule has 1 aliphatic heterocycles. The van der Waals surface area contributed by atoms with E-state index in [1.54, 1.807) is 11.3 Å². The average molecular weight is 401 g/mol. The SMILES string of the molecule is CC(=O)NC(CC(=O)N1CCN(Cc2csc(C)n2)CC1)c1ccc(C)cc1. The molecule has 1 saturated heterocycles. The molecule has 7 heteroatoms. The minimum absolute atomic E-state index is 0.0866. The Labute approximate surface area is 170 Å². The van der Waals surface area contributed by atoms with Gasteiger partial charge in [-0.1, -0.05) is 29.8 Å². The van der Waals surface area contributed by atoms with Gasteiger partial charge in [-0.15, -0.1) is 11.3 Å². The number of rotatable bonds is 6. The average Bonchev–Trinajstić information content (AvgIpc) is 3.06. The maximum atomic E-state index is 12.8. The van der Waals surface area contributed by atoms with Crippen molar-refractivity contribution in [2.24, 2.45) is 0 Å². The molecule has 1 unspecified atom stereocenters. The highest BCUT2D eigenvalue weighted by Crippen LogP contribution is 2.20. The van der Waals surface area contributed by atoms with Crippen molar-refractivity contribution in [3.05, 3.63) is 51.5 Å². The van der Waals surface area contributed by atoms with E-state index >= 15 is 0 Å². The van der Waals surface area contributed by atoms with E-state index in [0.717, 1.165) is 41.5 Å². The van der Waals surface area contributed by atoms with Gasteiger partial charge in [0.25, 0.3) is 0 Å². The zero-order valence-corrected chi connectivity index (χ0v) is 17.6. The molecule has 1 N–H and O–H groups in total. The van der Waals surface area contributed by atoms with Crippen LogP contribution in [0, 0.1) is 13.8 Å². The van der Waals surface area contributed by atoms with E-state index in [0.29, 0.717) is 13.1 Å². The molecule has 150 valence electrons. The zero-order chi connectivity index (χ0) is 20.1. The van der Waals surface area contributed by atoms with E-state index in [-0.39, 0.29) is 24.3 Å². The third-order valence-corrected chi connectivity index (χ3v) is 5.84. The maximum Gasteiger partial charge on any atom is 0.225 e. The van der Waals surface area contributed by atoms with E-state index in [1.807, 2.05) is 43.0 Å². The lowest BCUT2D eigenvalue weighted by molar-refractivity contribution is -0.133. The fourth-order valence-corrected chi connectivity index (χ4v) is 4.07. The van der Waals surface area contributed by atoms with E-state index < -0.39 is 0 Å². The number of amides is 2. The van der Waals surface area contributed by atoms with Crippen molar-refractivity contribution < 1.29 is 9.59 Å². The summed E-state index contributed by atoms with van der Waals surface area (Å²) in [6.45, 7) is 9.48. The zero-order valence-electron chi connectivity index (χ0n) is 16.8. The van der Waals surface area contributed by atoms with Gasteiger partial charge in [-0.2, -0.15) is 0 Å². The van der Waals surface area contributed by atoms with Crippen LogP contribution in [0.5, 0.6) is 0 Å². The Bertz CT molecular complexity index is 810. The van der Waals surface area contributed by atoms with Gasteiger partial charge in [-0.25, -0.2) is 4.98 Å². The van der Waals surface area contributed by atoms with E-state index in [1.165, 1.54) is 6.92 Å². The number of nitrogens with zero attached hydrogens (tertiary/aromatic N) is 3. The Morgan fingerprint density at radius 2 is 1.82 bits per heavy atom. The Morgan fingerprint density at radius 1 is 1.14 bits per heavy atom. The van der Waals surface area contributed by atoms with Crippen LogP contribution in [0.2, 0.25) is 0 Å². The van der Waals surface area contributed by atoms with Crippen LogP contribution in [0.4, 0.5) is 0 Å². The molecule has 3 rings (SSSR count). The molecule has 1 aliphatic rings. The summed E-state index contributed by atoms with van der Waals surface area (Å²) >= 11 is 1.67. The standard InChI is InChI=1S/C21H28N4O2S/c1-15-4-6-18(7-5-15)20(22-16(2)26)12-21(27)25-10-8-24(9-11-25)13-19-14-28-17(3)23-19/h4-7,14,20H,8-13H2,1-3H3,(H,22,26). The summed E-state index contributed by atoms with van der Waals surface area (Å²) < 4.78 is 0. The van der Waals surface area contributed by atoms with Gasteiger partial charge in [0, 0.05) is 45.0 Å². The van der Waals surface area contributed by atoms with E-state index in [2.05, 4.69) is 20.6 Å². The maximum absolute atomic E-state index is 12.8. The number of hydrogen-bond donors (Lipinski definition) is 1. The summed E-state index contributed by atoms with van der Waals surface area (Å²) in [5, 5.41) is 6.12. The number of aromatic nitrogens is 1. The molecule has 0 spiro atoms. The largest absolute Gasteiger partial charge is 0.349 e. The molecular formula is C21H28N4O2S. The van der Waals surface area contributed by atoms with Crippen LogP contribution in [-0.4, -0.2) is 52.8 Å². The number of aryl methyl sites for hydroxylation is 2. The van der Waals surface area contributed by atoms with Crippen molar-refractivity contribution >= 4 is 23.2 Å². The molecular weight excluding hydrogens is 372 g/mol. The molecule has 1 aromatic heterocycles. The quantitative estimate of drug-likeness (QED) is 0.810. The van der Waals surface area contributed by atoms with Crippen molar-refractivity contribution in [1.82, 2.24) is 20.1 Å². The second-order valence-electron chi connectivity index (χ2n) is 7.38. The number of carbonyl (C=O) groups is 2. The van der Waals surface area contributed by atoms with E-state index in [9.17, 15) is 9.59 Å². The van der Waals surface area contributed by atoms with Crippen LogP contribution < -0.4 is 5.32 Å². The normalized spacial score (nSPS) is 16.0. The van der Waals surface area contributed by atoms with Gasteiger partial charge in [0.05, 0.1) is 23.2 Å². The smallest absolute Gasteiger partial charge is 0.225 e. The third kappa shape index (κ3) is 5.62. The van der Waals surface area contributed by atoms with Crippen molar-refractivity contribution in [2.45, 2.75) is 39.8 Å². The third-order valence-electron chi connectivity index (χ3n) is 5.01. The molecule has 2 amide bonds. The molecule has 0 saturated carbocycles. The van der Waals surface area contributed by atoms with Crippen molar-refractivity contribution in [3.8, 4) is 0 Å². The second kappa shape index (κ2) is 9.30. The number of nitrogens with one attached hydrogen (secondary N) is 1. The molecule has 28 heavy (non-hydrogen) atoms. The lowest BCUT2D eigenvalue weighted by Crippen LogP contribution is -2.49. The van der Waals surface area contributed by atoms with Crippen LogP contribution >= 0.6 is 11.3 Å². The minimum atomic E-state index is -0.290. The molecule has 1 aromatic carbocycles. The molecule has 2 heterocycles. The van der Waals surface area contributed by atoms with Gasteiger partial charge in [0.15, 0.2) is 0 Å². The Morgan fingerprint density at radius 3 is 2.39 bits per heavy atom. The Hall–Kier alpha value is -2.25. The number of carbonyl (C=O) groups excluding carboxylic acids is 2. The predicted octanol–water partition coefficient (Wildman–Crippen LogP) is 2.67. The molecule has 0 aliphatic carbocycles. The Balaban J connectivity index is 1.55. The molecule has 0 bridgehead atoms. The van der Waals surface area contributed by atoms with Gasteiger partial charge in [-0.05, 0) is 19.4 Å². The first-order valence-electron chi connectivity index (χ1n) is 9.65. The monoisotopic (exact) mass is 400 g/mol. The van der Waals surface area contributed by atoms with Crippen LogP contribution in [0.3, 0.4) is 0 Å². The van der Waals surface area contributed by atoms with Crippen LogP contribution in [0.15, 0.2) is 29.6 Å². The fourth-order valence-electron chi connectivity index (χ4n) is 3.47. The summed E-state index contributed by atoms with van der Waals surface area (Å²) in [4.78, 5) is 33.2. The highest BCUT2D eigenvalue weighted by molar-refractivity contribution is 7.09. The summed E-state index contributed by atoms with van der Waals surface area (Å²) in [5.41, 5.74) is 3.22.